The molecule has 122 valence electrons. The van der Waals surface area contributed by atoms with E-state index in [0.29, 0.717) is 6.54 Å². The van der Waals surface area contributed by atoms with Crippen LogP contribution < -0.4 is 0 Å². The van der Waals surface area contributed by atoms with E-state index in [0.717, 1.165) is 0 Å². The predicted molar refractivity (Wildman–Crippen MR) is 77.8 cm³/mol. The molecule has 7 nitrogen and oxygen atoms in total. The van der Waals surface area contributed by atoms with Gasteiger partial charge in [0.05, 0.1) is 13.5 Å². The first-order chi connectivity index (χ1) is 9.56. The Morgan fingerprint density at radius 1 is 0.952 bits per heavy atom. The second-order valence-corrected chi connectivity index (χ2v) is 5.79. The lowest BCUT2D eigenvalue weighted by Crippen LogP contribution is -2.37. The van der Waals surface area contributed by atoms with Crippen molar-refractivity contribution in [2.24, 2.45) is 0 Å². The molecule has 0 N–H and O–H groups in total. The zero-order valence-corrected chi connectivity index (χ0v) is 13.8. The van der Waals surface area contributed by atoms with Gasteiger partial charge in [-0.25, -0.2) is 4.79 Å². The van der Waals surface area contributed by atoms with E-state index in [2.05, 4.69) is 4.74 Å². The van der Waals surface area contributed by atoms with Crippen molar-refractivity contribution in [3.63, 3.8) is 0 Å². The maximum absolute atomic E-state index is 11.9. The molecule has 0 aliphatic heterocycles. The number of esters is 1. The molecule has 0 bridgehead atoms. The summed E-state index contributed by atoms with van der Waals surface area (Å²) in [5.74, 6) is -0.505. The second kappa shape index (κ2) is 8.49. The molecule has 0 saturated heterocycles. The summed E-state index contributed by atoms with van der Waals surface area (Å²) < 4.78 is 9.70. The highest BCUT2D eigenvalue weighted by atomic mass is 16.6. The summed E-state index contributed by atoms with van der Waals surface area (Å²) in [6, 6.07) is 0. The average Bonchev–Trinajstić information content (AvgIpc) is 2.38. The fourth-order valence-electron chi connectivity index (χ4n) is 1.37. The van der Waals surface area contributed by atoms with Gasteiger partial charge in [-0.15, -0.1) is 0 Å². The predicted octanol–water partition coefficient (Wildman–Crippen LogP) is 1.26. The van der Waals surface area contributed by atoms with Crippen molar-refractivity contribution in [2.75, 3.05) is 34.3 Å². The summed E-state index contributed by atoms with van der Waals surface area (Å²) in [5.41, 5.74) is -0.563. The molecule has 0 rings (SSSR count). The summed E-state index contributed by atoms with van der Waals surface area (Å²) >= 11 is 0. The maximum Gasteiger partial charge on any atom is 0.410 e. The highest BCUT2D eigenvalue weighted by Crippen LogP contribution is 2.09. The quantitative estimate of drug-likeness (QED) is 0.691. The number of amides is 2. The molecule has 0 aliphatic rings. The van der Waals surface area contributed by atoms with Gasteiger partial charge < -0.3 is 19.3 Å². The molecule has 0 unspecified atom stereocenters. The van der Waals surface area contributed by atoms with E-state index in [-0.39, 0.29) is 31.3 Å². The van der Waals surface area contributed by atoms with E-state index >= 15 is 0 Å². The molecule has 0 fully saturated rings. The monoisotopic (exact) mass is 302 g/mol. The minimum atomic E-state index is -0.563. The first-order valence-corrected chi connectivity index (χ1v) is 6.81. The minimum absolute atomic E-state index is 0.144. The van der Waals surface area contributed by atoms with Gasteiger partial charge in [0.1, 0.15) is 5.60 Å². The number of nitrogens with zero attached hydrogens (tertiary/aromatic N) is 2. The normalized spacial score (nSPS) is 10.8. The number of carbonyl (C=O) groups is 3. The Bertz CT molecular complexity index is 376. The molecule has 0 radical (unpaired) electrons. The fraction of sp³-hybridized carbons (Fsp3) is 0.786. The van der Waals surface area contributed by atoms with Crippen LogP contribution in [0.15, 0.2) is 0 Å². The van der Waals surface area contributed by atoms with E-state index in [1.54, 1.807) is 34.9 Å². The van der Waals surface area contributed by atoms with E-state index in [1.807, 2.05) is 0 Å². The van der Waals surface area contributed by atoms with Crippen LogP contribution >= 0.6 is 0 Å². The summed E-state index contributed by atoms with van der Waals surface area (Å²) in [4.78, 5) is 37.4. The van der Waals surface area contributed by atoms with Gasteiger partial charge >= 0.3 is 12.1 Å². The third-order valence-electron chi connectivity index (χ3n) is 2.67. The van der Waals surface area contributed by atoms with Crippen LogP contribution in [0.25, 0.3) is 0 Å². The average molecular weight is 302 g/mol. The van der Waals surface area contributed by atoms with Crippen molar-refractivity contribution >= 4 is 18.0 Å². The molecule has 0 aromatic rings. The van der Waals surface area contributed by atoms with Crippen molar-refractivity contribution in [1.29, 1.82) is 0 Å². The van der Waals surface area contributed by atoms with Gasteiger partial charge in [0, 0.05) is 33.6 Å². The van der Waals surface area contributed by atoms with Crippen LogP contribution in [0.4, 0.5) is 4.79 Å². The highest BCUT2D eigenvalue weighted by Gasteiger charge is 2.20. The Labute approximate surface area is 126 Å². The Morgan fingerprint density at radius 2 is 1.48 bits per heavy atom. The third kappa shape index (κ3) is 8.88. The van der Waals surface area contributed by atoms with Crippen molar-refractivity contribution in [1.82, 2.24) is 9.80 Å². The van der Waals surface area contributed by atoms with Gasteiger partial charge in [0.15, 0.2) is 0 Å². The third-order valence-corrected chi connectivity index (χ3v) is 2.67. The molecule has 7 heteroatoms. The number of ether oxygens (including phenoxy) is 2. The zero-order chi connectivity index (χ0) is 16.6. The maximum atomic E-state index is 11.9. The van der Waals surface area contributed by atoms with Crippen LogP contribution in [0.3, 0.4) is 0 Å². The molecule has 0 atom stereocenters. The van der Waals surface area contributed by atoms with Crippen LogP contribution in [0.5, 0.6) is 0 Å². The lowest BCUT2D eigenvalue weighted by Gasteiger charge is -2.25. The highest BCUT2D eigenvalue weighted by molar-refractivity contribution is 5.78. The molecule has 0 aromatic carbocycles. The summed E-state index contributed by atoms with van der Waals surface area (Å²) in [6.07, 6.45) is -0.138. The lowest BCUT2D eigenvalue weighted by atomic mass is 10.2. The fourth-order valence-corrected chi connectivity index (χ4v) is 1.37. The Balaban J connectivity index is 4.11. The summed E-state index contributed by atoms with van der Waals surface area (Å²) in [5, 5.41) is 0. The molecule has 0 saturated carbocycles. The number of hydrogen-bond donors (Lipinski definition) is 0. The minimum Gasteiger partial charge on any atom is -0.469 e. The SMILES string of the molecule is COC(=O)CCN(C)C(=O)CCN(C)C(=O)OC(C)(C)C. The molecule has 0 heterocycles. The first kappa shape index (κ1) is 19.2. The molecule has 0 aromatic heterocycles. The number of methoxy groups -OCH3 is 1. The largest absolute Gasteiger partial charge is 0.469 e. The van der Waals surface area contributed by atoms with Gasteiger partial charge in [0.25, 0.3) is 0 Å². The lowest BCUT2D eigenvalue weighted by molar-refractivity contribution is -0.141. The van der Waals surface area contributed by atoms with Crippen LogP contribution in [-0.2, 0) is 19.1 Å². The summed E-state index contributed by atoms with van der Waals surface area (Å²) in [7, 11) is 4.49. The molecule has 0 aliphatic carbocycles. The van der Waals surface area contributed by atoms with Crippen LogP contribution in [-0.4, -0.2) is 67.7 Å². The molecule has 0 spiro atoms. The van der Waals surface area contributed by atoms with E-state index < -0.39 is 11.7 Å². The van der Waals surface area contributed by atoms with Gasteiger partial charge in [0.2, 0.25) is 5.91 Å². The van der Waals surface area contributed by atoms with Crippen molar-refractivity contribution in [3.8, 4) is 0 Å². The first-order valence-electron chi connectivity index (χ1n) is 6.81. The van der Waals surface area contributed by atoms with Crippen LogP contribution in [0.1, 0.15) is 33.6 Å². The molecular weight excluding hydrogens is 276 g/mol. The van der Waals surface area contributed by atoms with E-state index in [1.165, 1.54) is 16.9 Å². The van der Waals surface area contributed by atoms with Crippen LogP contribution in [0.2, 0.25) is 0 Å². The molecular formula is C14H26N2O5. The Kier molecular flexibility index (Phi) is 7.76. The number of rotatable bonds is 6. The van der Waals surface area contributed by atoms with Crippen LogP contribution in [0, 0.1) is 0 Å². The second-order valence-electron chi connectivity index (χ2n) is 5.79. The topological polar surface area (TPSA) is 76.2 Å². The van der Waals surface area contributed by atoms with Gasteiger partial charge in [-0.2, -0.15) is 0 Å². The molecule has 21 heavy (non-hydrogen) atoms. The van der Waals surface area contributed by atoms with Crippen molar-refractivity contribution < 1.29 is 23.9 Å². The number of carbonyl (C=O) groups excluding carboxylic acids is 3. The van der Waals surface area contributed by atoms with Crippen molar-refractivity contribution in [3.05, 3.63) is 0 Å². The number of hydrogen-bond acceptors (Lipinski definition) is 5. The van der Waals surface area contributed by atoms with Gasteiger partial charge in [-0.1, -0.05) is 0 Å². The van der Waals surface area contributed by atoms with Gasteiger partial charge in [-0.3, -0.25) is 9.59 Å². The zero-order valence-electron chi connectivity index (χ0n) is 13.8. The van der Waals surface area contributed by atoms with E-state index in [4.69, 9.17) is 4.74 Å². The van der Waals surface area contributed by atoms with E-state index in [9.17, 15) is 14.4 Å². The summed E-state index contributed by atoms with van der Waals surface area (Å²) in [6.45, 7) is 5.90. The smallest absolute Gasteiger partial charge is 0.410 e. The Hall–Kier alpha value is -1.79. The van der Waals surface area contributed by atoms with Gasteiger partial charge in [-0.05, 0) is 20.8 Å². The Morgan fingerprint density at radius 3 is 1.95 bits per heavy atom. The van der Waals surface area contributed by atoms with Crippen molar-refractivity contribution in [2.45, 2.75) is 39.2 Å². The standard InChI is InChI=1S/C14H26N2O5/c1-14(2,3)21-13(19)16(5)9-7-11(17)15(4)10-8-12(18)20-6/h7-10H2,1-6H3. The molecule has 2 amide bonds.